The second kappa shape index (κ2) is 5.09. The zero-order valence-electron chi connectivity index (χ0n) is 8.61. The SMILES string of the molecule is CC(=O)Nc1ccc2n[nH]nc2c1C(=O)O.[Ag+]. The molecule has 0 radical (unpaired) electrons. The predicted molar refractivity (Wildman–Crippen MR) is 55.2 cm³/mol. The number of rotatable bonds is 2. The van der Waals surface area contributed by atoms with E-state index in [0.717, 1.165) is 0 Å². The van der Waals surface area contributed by atoms with E-state index >= 15 is 0 Å². The van der Waals surface area contributed by atoms with E-state index in [2.05, 4.69) is 20.7 Å². The fourth-order valence-electron chi connectivity index (χ4n) is 1.42. The van der Waals surface area contributed by atoms with Crippen LogP contribution in [0, 0.1) is 0 Å². The van der Waals surface area contributed by atoms with Gasteiger partial charge in [-0.3, -0.25) is 4.79 Å². The topological polar surface area (TPSA) is 108 Å². The minimum absolute atomic E-state index is 0. The molecule has 0 fully saturated rings. The Balaban J connectivity index is 0.00000144. The van der Waals surface area contributed by atoms with E-state index in [9.17, 15) is 9.59 Å². The summed E-state index contributed by atoms with van der Waals surface area (Å²) in [5, 5.41) is 21.3. The van der Waals surface area contributed by atoms with E-state index in [1.807, 2.05) is 0 Å². The quantitative estimate of drug-likeness (QED) is 0.700. The molecule has 1 aromatic carbocycles. The van der Waals surface area contributed by atoms with Gasteiger partial charge in [0.2, 0.25) is 5.91 Å². The summed E-state index contributed by atoms with van der Waals surface area (Å²) in [7, 11) is 0. The Bertz CT molecular complexity index is 581. The number of benzene rings is 1. The van der Waals surface area contributed by atoms with Gasteiger partial charge in [-0.05, 0) is 12.1 Å². The summed E-state index contributed by atoms with van der Waals surface area (Å²) in [6.07, 6.45) is 0. The third-order valence-corrected chi connectivity index (χ3v) is 2.01. The van der Waals surface area contributed by atoms with Crippen LogP contribution in [0.15, 0.2) is 12.1 Å². The van der Waals surface area contributed by atoms with Gasteiger partial charge in [-0.2, -0.15) is 15.4 Å². The average molecular weight is 328 g/mol. The molecular formula is C9H8AgN4O3+. The van der Waals surface area contributed by atoms with Crippen molar-refractivity contribution in [1.82, 2.24) is 15.4 Å². The van der Waals surface area contributed by atoms with Crippen LogP contribution in [0.1, 0.15) is 17.3 Å². The molecule has 1 amide bonds. The van der Waals surface area contributed by atoms with Crippen LogP contribution in [-0.4, -0.2) is 32.4 Å². The number of aromatic amines is 1. The molecule has 0 aliphatic heterocycles. The molecule has 2 aromatic rings. The molecule has 2 rings (SSSR count). The first kappa shape index (κ1) is 13.4. The first-order chi connectivity index (χ1) is 7.59. The number of carboxylic acids is 1. The fraction of sp³-hybridized carbons (Fsp3) is 0.111. The molecule has 0 spiro atoms. The minimum atomic E-state index is -1.16. The Kier molecular flexibility index (Phi) is 4.00. The maximum Gasteiger partial charge on any atom is 1.00 e. The van der Waals surface area contributed by atoms with Crippen molar-refractivity contribution >= 4 is 28.6 Å². The number of carbonyl (C=O) groups is 2. The van der Waals surface area contributed by atoms with E-state index in [0.29, 0.717) is 5.52 Å². The number of aromatic carboxylic acids is 1. The Morgan fingerprint density at radius 3 is 2.65 bits per heavy atom. The number of fused-ring (bicyclic) bond motifs is 1. The number of H-pyrrole nitrogens is 1. The molecule has 0 saturated carbocycles. The molecule has 0 aliphatic carbocycles. The van der Waals surface area contributed by atoms with Crippen LogP contribution < -0.4 is 5.32 Å². The number of hydrogen-bond acceptors (Lipinski definition) is 4. The third kappa shape index (κ3) is 2.52. The largest absolute Gasteiger partial charge is 1.00 e. The number of carboxylic acid groups (broad SMARTS) is 1. The standard InChI is InChI=1S/C9H8N4O3.Ag/c1-4(14)10-5-2-3-6-8(12-13-11-6)7(5)9(15)16;/h2-3H,1H3,(H,10,14)(H,15,16)(H,11,12,13);/q;+1. The van der Waals surface area contributed by atoms with Gasteiger partial charge < -0.3 is 10.4 Å². The summed E-state index contributed by atoms with van der Waals surface area (Å²) in [6.45, 7) is 1.30. The summed E-state index contributed by atoms with van der Waals surface area (Å²) < 4.78 is 0. The molecule has 0 bridgehead atoms. The minimum Gasteiger partial charge on any atom is -0.478 e. The van der Waals surface area contributed by atoms with Gasteiger partial charge in [0.1, 0.15) is 16.6 Å². The van der Waals surface area contributed by atoms with Crippen molar-refractivity contribution in [3.8, 4) is 0 Å². The van der Waals surface area contributed by atoms with Gasteiger partial charge in [0.15, 0.2) is 0 Å². The number of nitrogens with one attached hydrogen (secondary N) is 2. The number of anilines is 1. The van der Waals surface area contributed by atoms with Gasteiger partial charge in [0.05, 0.1) is 5.69 Å². The van der Waals surface area contributed by atoms with Crippen LogP contribution in [0.5, 0.6) is 0 Å². The summed E-state index contributed by atoms with van der Waals surface area (Å²) in [5.74, 6) is -1.51. The molecule has 0 atom stereocenters. The van der Waals surface area contributed by atoms with Crippen molar-refractivity contribution in [1.29, 1.82) is 0 Å². The van der Waals surface area contributed by atoms with Gasteiger partial charge in [-0.15, -0.1) is 0 Å². The van der Waals surface area contributed by atoms with Crippen LogP contribution in [0.4, 0.5) is 5.69 Å². The monoisotopic (exact) mass is 327 g/mol. The third-order valence-electron chi connectivity index (χ3n) is 2.01. The number of nitrogens with zero attached hydrogens (tertiary/aromatic N) is 2. The molecule has 1 heterocycles. The summed E-state index contributed by atoms with van der Waals surface area (Å²) in [6, 6.07) is 3.06. The fourth-order valence-corrected chi connectivity index (χ4v) is 1.42. The zero-order chi connectivity index (χ0) is 11.7. The predicted octanol–water partition coefficient (Wildman–Crippen LogP) is 0.612. The molecular weight excluding hydrogens is 320 g/mol. The van der Waals surface area contributed by atoms with Gasteiger partial charge in [-0.25, -0.2) is 4.79 Å². The number of aromatic nitrogens is 3. The molecule has 1 aromatic heterocycles. The van der Waals surface area contributed by atoms with Gasteiger partial charge >= 0.3 is 28.3 Å². The van der Waals surface area contributed by atoms with Crippen molar-refractivity contribution in [3.63, 3.8) is 0 Å². The van der Waals surface area contributed by atoms with Crippen LogP contribution in [0.25, 0.3) is 11.0 Å². The van der Waals surface area contributed by atoms with Crippen molar-refractivity contribution in [2.75, 3.05) is 5.32 Å². The van der Waals surface area contributed by atoms with Crippen molar-refractivity contribution in [3.05, 3.63) is 17.7 Å². The molecule has 7 nitrogen and oxygen atoms in total. The number of carbonyl (C=O) groups excluding carboxylic acids is 1. The average Bonchev–Trinajstić information content (AvgIpc) is 2.63. The smallest absolute Gasteiger partial charge is 0.478 e. The Morgan fingerprint density at radius 2 is 2.06 bits per heavy atom. The first-order valence-corrected chi connectivity index (χ1v) is 4.44. The van der Waals surface area contributed by atoms with Crippen LogP contribution in [-0.2, 0) is 27.2 Å². The van der Waals surface area contributed by atoms with Crippen LogP contribution in [0.3, 0.4) is 0 Å². The Labute approximate surface area is 111 Å². The second-order valence-corrected chi connectivity index (χ2v) is 3.17. The summed E-state index contributed by atoms with van der Waals surface area (Å²) >= 11 is 0. The van der Waals surface area contributed by atoms with Crippen LogP contribution in [0.2, 0.25) is 0 Å². The number of hydrogen-bond donors (Lipinski definition) is 3. The zero-order valence-corrected chi connectivity index (χ0v) is 10.1. The van der Waals surface area contributed by atoms with E-state index < -0.39 is 5.97 Å². The number of amides is 1. The molecule has 92 valence electrons. The van der Waals surface area contributed by atoms with E-state index in [-0.39, 0.29) is 45.1 Å². The van der Waals surface area contributed by atoms with Crippen LogP contribution >= 0.6 is 0 Å². The molecule has 0 aliphatic rings. The maximum absolute atomic E-state index is 11.1. The second-order valence-electron chi connectivity index (χ2n) is 3.17. The summed E-state index contributed by atoms with van der Waals surface area (Å²) in [5.41, 5.74) is 0.799. The molecule has 17 heavy (non-hydrogen) atoms. The summed E-state index contributed by atoms with van der Waals surface area (Å²) in [4.78, 5) is 22.0. The van der Waals surface area contributed by atoms with Gasteiger partial charge in [0, 0.05) is 6.92 Å². The van der Waals surface area contributed by atoms with E-state index in [1.165, 1.54) is 13.0 Å². The maximum atomic E-state index is 11.1. The Hall–Kier alpha value is -1.70. The van der Waals surface area contributed by atoms with Gasteiger partial charge in [-0.1, -0.05) is 0 Å². The van der Waals surface area contributed by atoms with Gasteiger partial charge in [0.25, 0.3) is 0 Å². The Morgan fingerprint density at radius 1 is 1.35 bits per heavy atom. The normalized spacial score (nSPS) is 9.71. The molecule has 3 N–H and O–H groups in total. The van der Waals surface area contributed by atoms with E-state index in [1.54, 1.807) is 6.07 Å². The molecule has 8 heteroatoms. The molecule has 0 saturated heterocycles. The molecule has 0 unspecified atom stereocenters. The van der Waals surface area contributed by atoms with Crippen molar-refractivity contribution < 1.29 is 37.1 Å². The van der Waals surface area contributed by atoms with Crippen molar-refractivity contribution in [2.45, 2.75) is 6.92 Å². The van der Waals surface area contributed by atoms with Crippen molar-refractivity contribution in [2.24, 2.45) is 0 Å². The van der Waals surface area contributed by atoms with E-state index in [4.69, 9.17) is 5.11 Å². The first-order valence-electron chi connectivity index (χ1n) is 4.44.